The fourth-order valence-corrected chi connectivity index (χ4v) is 10.8. The molecule has 0 aliphatic carbocycles. The van der Waals surface area contributed by atoms with E-state index >= 15 is 0 Å². The monoisotopic (exact) mass is 943 g/mol. The largest absolute Gasteiger partial charge is 0.311 e. The number of anilines is 6. The van der Waals surface area contributed by atoms with Gasteiger partial charge in [-0.05, 0) is 270 Å². The standard InChI is InChI=1S/2C35H37N/c2*1-23(2)34-26(5)28(7)35(29(8)27(34)6)25(4)24(3)30-19-21-33(22-20-30)36(31-15-11-9-12-16-31)32-17-13-10-14-18-32/h2*9-22H,1H2,2-8H3. The Morgan fingerprint density at radius 1 is 0.250 bits per heavy atom. The number of allylic oxidation sites excluding steroid dienone is 6. The van der Waals surface area contributed by atoms with Crippen LogP contribution in [0.4, 0.5) is 34.1 Å². The molecule has 0 saturated carbocycles. The Bertz CT molecular complexity index is 2930. The van der Waals surface area contributed by atoms with E-state index in [1.54, 1.807) is 0 Å². The molecule has 72 heavy (non-hydrogen) atoms. The van der Waals surface area contributed by atoms with E-state index in [1.807, 2.05) is 0 Å². The Kier molecular flexibility index (Phi) is 16.4. The van der Waals surface area contributed by atoms with Gasteiger partial charge < -0.3 is 9.80 Å². The van der Waals surface area contributed by atoms with Gasteiger partial charge in [0.05, 0.1) is 0 Å². The zero-order valence-electron chi connectivity index (χ0n) is 45.5. The lowest BCUT2D eigenvalue weighted by molar-refractivity contribution is 1.19. The second kappa shape index (κ2) is 22.6. The first-order chi connectivity index (χ1) is 34.4. The molecule has 0 atom stereocenters. The molecule has 0 aliphatic heterocycles. The molecule has 8 rings (SSSR count). The van der Waals surface area contributed by atoms with Crippen LogP contribution in [0.3, 0.4) is 0 Å². The normalized spacial score (nSPS) is 11.8. The van der Waals surface area contributed by atoms with Crippen molar-refractivity contribution in [2.75, 3.05) is 9.80 Å². The summed E-state index contributed by atoms with van der Waals surface area (Å²) in [4.78, 5) is 4.60. The summed E-state index contributed by atoms with van der Waals surface area (Å²) in [5.41, 5.74) is 33.0. The highest BCUT2D eigenvalue weighted by molar-refractivity contribution is 5.94. The molecule has 0 bridgehead atoms. The van der Waals surface area contributed by atoms with Crippen LogP contribution in [-0.4, -0.2) is 0 Å². The van der Waals surface area contributed by atoms with Crippen molar-refractivity contribution < 1.29 is 0 Å². The number of benzene rings is 8. The van der Waals surface area contributed by atoms with Crippen LogP contribution in [0.1, 0.15) is 119 Å². The van der Waals surface area contributed by atoms with E-state index < -0.39 is 0 Å². The van der Waals surface area contributed by atoms with Gasteiger partial charge in [0.15, 0.2) is 0 Å². The summed E-state index contributed by atoms with van der Waals surface area (Å²) < 4.78 is 0. The third kappa shape index (κ3) is 10.7. The molecule has 8 aromatic carbocycles. The summed E-state index contributed by atoms with van der Waals surface area (Å²) in [6.45, 7) is 39.6. The van der Waals surface area contributed by atoms with Gasteiger partial charge in [-0.2, -0.15) is 0 Å². The van der Waals surface area contributed by atoms with Crippen molar-refractivity contribution in [1.82, 2.24) is 0 Å². The van der Waals surface area contributed by atoms with Crippen molar-refractivity contribution in [3.8, 4) is 0 Å². The maximum Gasteiger partial charge on any atom is 0.0462 e. The third-order valence-electron chi connectivity index (χ3n) is 15.2. The van der Waals surface area contributed by atoms with E-state index in [1.165, 1.54) is 100 Å². The smallest absolute Gasteiger partial charge is 0.0462 e. The lowest BCUT2D eigenvalue weighted by Gasteiger charge is -2.26. The van der Waals surface area contributed by atoms with Gasteiger partial charge in [-0.15, -0.1) is 0 Å². The van der Waals surface area contributed by atoms with E-state index in [-0.39, 0.29) is 0 Å². The first-order valence-corrected chi connectivity index (χ1v) is 25.3. The maximum atomic E-state index is 4.24. The number of hydrogen-bond acceptors (Lipinski definition) is 2. The average Bonchev–Trinajstić information content (AvgIpc) is 3.39. The van der Waals surface area contributed by atoms with Gasteiger partial charge in [0, 0.05) is 34.1 Å². The Hall–Kier alpha value is -7.68. The Labute approximate surface area is 433 Å². The van der Waals surface area contributed by atoms with E-state index in [0.29, 0.717) is 0 Å². The zero-order chi connectivity index (χ0) is 52.0. The van der Waals surface area contributed by atoms with Crippen molar-refractivity contribution >= 4 is 67.6 Å². The molecule has 0 fully saturated rings. The highest BCUT2D eigenvalue weighted by atomic mass is 15.1. The zero-order valence-corrected chi connectivity index (χ0v) is 45.5. The molecular weight excluding hydrogens is 869 g/mol. The molecule has 0 aliphatic rings. The Balaban J connectivity index is 0.000000211. The molecule has 0 unspecified atom stereocenters. The number of hydrogen-bond donors (Lipinski definition) is 0. The van der Waals surface area contributed by atoms with Crippen molar-refractivity contribution in [2.45, 2.75) is 96.9 Å². The first kappa shape index (κ1) is 52.2. The third-order valence-corrected chi connectivity index (χ3v) is 15.2. The molecule has 8 aromatic rings. The highest BCUT2D eigenvalue weighted by Crippen LogP contribution is 2.41. The quantitative estimate of drug-likeness (QED) is 0.113. The van der Waals surface area contributed by atoms with Gasteiger partial charge in [-0.25, -0.2) is 0 Å². The molecule has 2 heteroatoms. The summed E-state index contributed by atoms with van der Waals surface area (Å²) in [5, 5.41) is 0. The van der Waals surface area contributed by atoms with E-state index in [4.69, 9.17) is 0 Å². The van der Waals surface area contributed by atoms with Crippen molar-refractivity contribution in [3.63, 3.8) is 0 Å². The Morgan fingerprint density at radius 3 is 0.653 bits per heavy atom. The highest BCUT2D eigenvalue weighted by Gasteiger charge is 2.21. The molecule has 0 aromatic heterocycles. The molecule has 0 spiro atoms. The van der Waals surface area contributed by atoms with Crippen LogP contribution in [-0.2, 0) is 0 Å². The van der Waals surface area contributed by atoms with Gasteiger partial charge in [0.25, 0.3) is 0 Å². The molecule has 0 radical (unpaired) electrons. The predicted molar refractivity (Wildman–Crippen MR) is 319 cm³/mol. The molecule has 0 N–H and O–H groups in total. The number of nitrogens with zero attached hydrogens (tertiary/aromatic N) is 2. The van der Waals surface area contributed by atoms with Crippen LogP contribution >= 0.6 is 0 Å². The molecule has 0 heterocycles. The SMILES string of the molecule is C=C(C)c1c(C)c(C)c(C(C)=C(C)c2ccc(N(c3ccccc3)c3ccccc3)cc2)c(C)c1C.C=C(C)c1c(C)c(C)c(C(C)=C(C)c2ccc(N(c3ccccc3)c3ccccc3)cc2)c(C)c1C. The van der Waals surface area contributed by atoms with E-state index in [9.17, 15) is 0 Å². The van der Waals surface area contributed by atoms with Crippen molar-refractivity contribution in [1.29, 1.82) is 0 Å². The second-order valence-corrected chi connectivity index (χ2v) is 19.7. The Morgan fingerprint density at radius 2 is 0.444 bits per heavy atom. The van der Waals surface area contributed by atoms with Crippen LogP contribution in [0.15, 0.2) is 183 Å². The van der Waals surface area contributed by atoms with Gasteiger partial charge in [-0.1, -0.05) is 121 Å². The van der Waals surface area contributed by atoms with E-state index in [2.05, 4.69) is 290 Å². The summed E-state index contributed by atoms with van der Waals surface area (Å²) in [5.74, 6) is 0. The van der Waals surface area contributed by atoms with Gasteiger partial charge >= 0.3 is 0 Å². The van der Waals surface area contributed by atoms with Gasteiger partial charge in [0.2, 0.25) is 0 Å². The van der Waals surface area contributed by atoms with Gasteiger partial charge in [0.1, 0.15) is 0 Å². The van der Waals surface area contributed by atoms with Crippen LogP contribution in [0.25, 0.3) is 33.4 Å². The first-order valence-electron chi connectivity index (χ1n) is 25.3. The summed E-state index contributed by atoms with van der Waals surface area (Å²) in [6, 6.07) is 60.1. The fourth-order valence-electron chi connectivity index (χ4n) is 10.8. The van der Waals surface area contributed by atoms with Crippen LogP contribution in [0.2, 0.25) is 0 Å². The lowest BCUT2D eigenvalue weighted by Crippen LogP contribution is -2.09. The van der Waals surface area contributed by atoms with Crippen molar-refractivity contribution in [3.05, 3.63) is 261 Å². The lowest BCUT2D eigenvalue weighted by atomic mass is 9.82. The topological polar surface area (TPSA) is 6.48 Å². The van der Waals surface area contributed by atoms with Crippen LogP contribution in [0.5, 0.6) is 0 Å². The molecule has 0 saturated heterocycles. The molecular formula is C70H74N2. The van der Waals surface area contributed by atoms with Crippen LogP contribution < -0.4 is 9.80 Å². The number of rotatable bonds is 12. The number of para-hydroxylation sites is 4. The maximum absolute atomic E-state index is 4.24. The second-order valence-electron chi connectivity index (χ2n) is 19.7. The van der Waals surface area contributed by atoms with Crippen molar-refractivity contribution in [2.24, 2.45) is 0 Å². The minimum absolute atomic E-state index is 1.14. The summed E-state index contributed by atoms with van der Waals surface area (Å²) >= 11 is 0. The van der Waals surface area contributed by atoms with Gasteiger partial charge in [-0.3, -0.25) is 0 Å². The fraction of sp³-hybridized carbons (Fsp3) is 0.200. The summed E-state index contributed by atoms with van der Waals surface area (Å²) in [7, 11) is 0. The summed E-state index contributed by atoms with van der Waals surface area (Å²) in [6.07, 6.45) is 0. The average molecular weight is 943 g/mol. The molecule has 2 nitrogen and oxygen atoms in total. The molecule has 0 amide bonds. The van der Waals surface area contributed by atoms with Crippen LogP contribution in [0, 0.1) is 55.4 Å². The minimum Gasteiger partial charge on any atom is -0.311 e. The van der Waals surface area contributed by atoms with E-state index in [0.717, 1.165) is 45.3 Å². The minimum atomic E-state index is 1.14. The predicted octanol–water partition coefficient (Wildman–Crippen LogP) is 20.7. The molecule has 364 valence electrons.